The summed E-state index contributed by atoms with van der Waals surface area (Å²) in [6.45, 7) is 0.630. The zero-order chi connectivity index (χ0) is 13.6. The zero-order valence-corrected chi connectivity index (χ0v) is 10.0. The van der Waals surface area contributed by atoms with Crippen LogP contribution in [0.4, 0.5) is 0 Å². The quantitative estimate of drug-likeness (QED) is 0.406. The highest BCUT2D eigenvalue weighted by molar-refractivity contribution is 5.80. The molecule has 0 atom stereocenters. The number of hydrogen-bond donors (Lipinski definition) is 0. The molecule has 94 valence electrons. The molecule has 0 amide bonds. The normalized spacial score (nSPS) is 10.4. The van der Waals surface area contributed by atoms with Crippen molar-refractivity contribution in [1.29, 1.82) is 0 Å². The van der Waals surface area contributed by atoms with E-state index in [0.29, 0.717) is 6.54 Å². The SMILES string of the molecule is C#CC[n+]1ccc2ccccc2c1.[O-][Cl+3]([O-])([O-])[O-]. The van der Waals surface area contributed by atoms with Crippen molar-refractivity contribution in [1.82, 2.24) is 0 Å². The van der Waals surface area contributed by atoms with Gasteiger partial charge in [0.2, 0.25) is 6.54 Å². The third-order valence-electron chi connectivity index (χ3n) is 2.02. The van der Waals surface area contributed by atoms with Crippen molar-refractivity contribution in [2.24, 2.45) is 0 Å². The summed E-state index contributed by atoms with van der Waals surface area (Å²) >= 11 is 0. The van der Waals surface area contributed by atoms with Crippen molar-refractivity contribution in [3.05, 3.63) is 42.7 Å². The second-order valence-corrected chi connectivity index (χ2v) is 4.08. The molecule has 0 aliphatic carbocycles. The van der Waals surface area contributed by atoms with Crippen LogP contribution in [0.1, 0.15) is 0 Å². The van der Waals surface area contributed by atoms with E-state index in [1.807, 2.05) is 22.9 Å². The summed E-state index contributed by atoms with van der Waals surface area (Å²) in [4.78, 5) is 0. The maximum Gasteiger partial charge on any atom is 0.208 e. The van der Waals surface area contributed by atoms with Gasteiger partial charge in [-0.3, -0.25) is 0 Å². The lowest BCUT2D eigenvalue weighted by atomic mass is 10.2. The van der Waals surface area contributed by atoms with Gasteiger partial charge < -0.3 is 0 Å². The van der Waals surface area contributed by atoms with Gasteiger partial charge in [-0.05, 0) is 17.4 Å². The van der Waals surface area contributed by atoms with E-state index >= 15 is 0 Å². The molecule has 18 heavy (non-hydrogen) atoms. The monoisotopic (exact) mass is 267 g/mol. The van der Waals surface area contributed by atoms with Gasteiger partial charge in [-0.15, -0.1) is 16.7 Å². The van der Waals surface area contributed by atoms with Gasteiger partial charge in [-0.25, -0.2) is 18.6 Å². The number of benzene rings is 1. The molecule has 2 aromatic rings. The Bertz CT molecular complexity index is 554. The first-order valence-electron chi connectivity index (χ1n) is 4.83. The first-order chi connectivity index (χ1) is 8.40. The van der Waals surface area contributed by atoms with E-state index in [0.717, 1.165) is 0 Å². The van der Waals surface area contributed by atoms with Crippen molar-refractivity contribution in [3.63, 3.8) is 0 Å². The summed E-state index contributed by atoms with van der Waals surface area (Å²) in [5, 5.41) is 2.47. The fourth-order valence-corrected chi connectivity index (χ4v) is 1.38. The molecule has 0 bridgehead atoms. The molecule has 0 saturated heterocycles. The van der Waals surface area contributed by atoms with E-state index in [9.17, 15) is 0 Å². The largest absolute Gasteiger partial charge is 0.222 e. The van der Waals surface area contributed by atoms with Crippen LogP contribution in [0.15, 0.2) is 42.7 Å². The summed E-state index contributed by atoms with van der Waals surface area (Å²) in [7, 11) is -4.94. The van der Waals surface area contributed by atoms with Crippen molar-refractivity contribution >= 4 is 10.8 Å². The second kappa shape index (κ2) is 6.31. The molecule has 0 radical (unpaired) electrons. The smallest absolute Gasteiger partial charge is 0.208 e. The molecule has 1 heterocycles. The van der Waals surface area contributed by atoms with Crippen LogP contribution in [0.3, 0.4) is 0 Å². The molecule has 1 aromatic heterocycles. The number of nitrogens with zero attached hydrogens (tertiary/aromatic N) is 1. The van der Waals surface area contributed by atoms with Crippen LogP contribution >= 0.6 is 0 Å². The molecule has 0 N–H and O–H groups in total. The van der Waals surface area contributed by atoms with E-state index in [-0.39, 0.29) is 0 Å². The maximum absolute atomic E-state index is 8.49. The standard InChI is InChI=1S/C12H10N.ClHO4/c1-2-8-13-9-7-11-5-3-4-6-12(11)10-13;2-1(3,4)5/h1,3-7,9-10H,8H2;(H,2,3,4,5)/q+1;/p-1. The highest BCUT2D eigenvalue weighted by atomic mass is 35.7. The highest BCUT2D eigenvalue weighted by Gasteiger charge is 1.99. The molecular weight excluding hydrogens is 258 g/mol. The fraction of sp³-hybridized carbons (Fsp3) is 0.0833. The van der Waals surface area contributed by atoms with E-state index in [4.69, 9.17) is 25.1 Å². The third kappa shape index (κ3) is 5.59. The predicted octanol–water partition coefficient (Wildman–Crippen LogP) is -3.00. The molecule has 0 unspecified atom stereocenters. The summed E-state index contributed by atoms with van der Waals surface area (Å²) in [6, 6.07) is 10.3. The minimum atomic E-state index is -4.94. The van der Waals surface area contributed by atoms with E-state index < -0.39 is 10.2 Å². The van der Waals surface area contributed by atoms with Crippen LogP contribution in [0.2, 0.25) is 0 Å². The van der Waals surface area contributed by atoms with Crippen LogP contribution < -0.4 is 23.2 Å². The average molecular weight is 268 g/mol. The van der Waals surface area contributed by atoms with Gasteiger partial charge in [-0.1, -0.05) is 18.2 Å². The Morgan fingerprint density at radius 2 is 1.61 bits per heavy atom. The lowest BCUT2D eigenvalue weighted by Gasteiger charge is -2.17. The lowest BCUT2D eigenvalue weighted by Crippen LogP contribution is -2.68. The third-order valence-corrected chi connectivity index (χ3v) is 2.02. The van der Waals surface area contributed by atoms with Gasteiger partial charge in [0.25, 0.3) is 0 Å². The fourth-order valence-electron chi connectivity index (χ4n) is 1.38. The molecule has 0 aliphatic heterocycles. The van der Waals surface area contributed by atoms with Crippen LogP contribution in [0.5, 0.6) is 0 Å². The molecule has 0 fully saturated rings. The number of rotatable bonds is 1. The minimum Gasteiger partial charge on any atom is -0.222 e. The Kier molecular flexibility index (Phi) is 5.04. The molecule has 5 nitrogen and oxygen atoms in total. The van der Waals surface area contributed by atoms with Crippen molar-refractivity contribution in [2.45, 2.75) is 6.54 Å². The molecule has 6 heteroatoms. The zero-order valence-electron chi connectivity index (χ0n) is 9.28. The topological polar surface area (TPSA) is 96.1 Å². The number of pyridine rings is 1. The maximum atomic E-state index is 8.49. The highest BCUT2D eigenvalue weighted by Crippen LogP contribution is 2.09. The first kappa shape index (κ1) is 14.4. The van der Waals surface area contributed by atoms with Crippen LogP contribution in [0.25, 0.3) is 10.8 Å². The van der Waals surface area contributed by atoms with Gasteiger partial charge in [0.15, 0.2) is 12.4 Å². The van der Waals surface area contributed by atoms with Gasteiger partial charge in [0.05, 0.1) is 0 Å². The summed E-state index contributed by atoms with van der Waals surface area (Å²) < 4.78 is 36.0. The van der Waals surface area contributed by atoms with Crippen LogP contribution in [-0.4, -0.2) is 0 Å². The van der Waals surface area contributed by atoms with Gasteiger partial charge in [0.1, 0.15) is 0 Å². The van der Waals surface area contributed by atoms with Crippen molar-refractivity contribution in [2.75, 3.05) is 0 Å². The summed E-state index contributed by atoms with van der Waals surface area (Å²) in [5.41, 5.74) is 0. The number of fused-ring (bicyclic) bond motifs is 1. The molecule has 0 spiro atoms. The minimum absolute atomic E-state index is 0.630. The predicted molar refractivity (Wildman–Crippen MR) is 53.0 cm³/mol. The Hall–Kier alpha value is -1.68. The van der Waals surface area contributed by atoms with E-state index in [1.165, 1.54) is 10.8 Å². The molecule has 1 aromatic carbocycles. The van der Waals surface area contributed by atoms with E-state index in [2.05, 4.69) is 30.3 Å². The van der Waals surface area contributed by atoms with E-state index in [1.54, 1.807) is 0 Å². The molecule has 0 saturated carbocycles. The number of hydrogen-bond acceptors (Lipinski definition) is 4. The van der Waals surface area contributed by atoms with Crippen molar-refractivity contribution < 1.29 is 33.4 Å². The van der Waals surface area contributed by atoms with Gasteiger partial charge >= 0.3 is 0 Å². The second-order valence-electron chi connectivity index (χ2n) is 3.33. The Labute approximate surface area is 106 Å². The first-order valence-corrected chi connectivity index (χ1v) is 6.06. The molecule has 2 rings (SSSR count). The Balaban J connectivity index is 0.000000280. The average Bonchev–Trinajstić information content (AvgIpc) is 2.27. The lowest BCUT2D eigenvalue weighted by molar-refractivity contribution is -2.00. The summed E-state index contributed by atoms with van der Waals surface area (Å²) in [5.74, 6) is 2.61. The molecule has 0 aliphatic rings. The van der Waals surface area contributed by atoms with Crippen LogP contribution in [-0.2, 0) is 6.54 Å². The van der Waals surface area contributed by atoms with Gasteiger partial charge in [-0.2, -0.15) is 4.57 Å². The Morgan fingerprint density at radius 1 is 1.06 bits per heavy atom. The number of terminal acetylenes is 1. The Morgan fingerprint density at radius 3 is 2.17 bits per heavy atom. The number of halogens is 1. The van der Waals surface area contributed by atoms with Crippen molar-refractivity contribution in [3.8, 4) is 12.3 Å². The summed E-state index contributed by atoms with van der Waals surface area (Å²) in [6.07, 6.45) is 9.30. The molecular formula is C12H10ClNO4. The van der Waals surface area contributed by atoms with Gasteiger partial charge in [0, 0.05) is 11.5 Å². The van der Waals surface area contributed by atoms with Crippen LogP contribution in [0, 0.1) is 22.6 Å². The number of aromatic nitrogens is 1.